The van der Waals surface area contributed by atoms with E-state index in [1.54, 1.807) is 24.3 Å². The molecule has 1 aromatic carbocycles. The van der Waals surface area contributed by atoms with Crippen LogP contribution in [0, 0.1) is 0 Å². The third kappa shape index (κ3) is 4.39. The van der Waals surface area contributed by atoms with Crippen LogP contribution in [0.4, 0.5) is 0 Å². The van der Waals surface area contributed by atoms with Crippen molar-refractivity contribution in [2.75, 3.05) is 6.61 Å². The summed E-state index contributed by atoms with van der Waals surface area (Å²) in [5.74, 6) is -0.662. The van der Waals surface area contributed by atoms with Gasteiger partial charge in [0.25, 0.3) is 0 Å². The summed E-state index contributed by atoms with van der Waals surface area (Å²) in [6.45, 7) is 2.43. The fourth-order valence-electron chi connectivity index (χ4n) is 1.29. The molecule has 0 aromatic heterocycles. The molecule has 5 heteroatoms. The van der Waals surface area contributed by atoms with Crippen LogP contribution in [-0.2, 0) is 9.59 Å². The zero-order valence-electron chi connectivity index (χ0n) is 10.2. The summed E-state index contributed by atoms with van der Waals surface area (Å²) in [6, 6.07) is 4.75. The molecule has 0 bridgehead atoms. The SMILES string of the molecule is CC(=O)Oc1ccc(/C=C/CO)cc1OC(C)=O. The molecule has 0 radical (unpaired) electrons. The molecule has 0 aliphatic heterocycles. The van der Waals surface area contributed by atoms with Crippen LogP contribution in [0.5, 0.6) is 11.5 Å². The molecule has 0 amide bonds. The molecule has 0 unspecified atom stereocenters. The Morgan fingerprint density at radius 3 is 2.33 bits per heavy atom. The van der Waals surface area contributed by atoms with E-state index in [0.717, 1.165) is 5.56 Å². The van der Waals surface area contributed by atoms with Gasteiger partial charge in [-0.05, 0) is 17.7 Å². The lowest BCUT2D eigenvalue weighted by molar-refractivity contribution is -0.134. The standard InChI is InChI=1S/C13H14O5/c1-9(15)17-12-6-5-11(4-3-7-14)8-13(12)18-10(2)16/h3-6,8,14H,7H2,1-2H3/b4-3+. The summed E-state index contributed by atoms with van der Waals surface area (Å²) in [7, 11) is 0. The van der Waals surface area contributed by atoms with Gasteiger partial charge in [0.15, 0.2) is 11.5 Å². The Labute approximate surface area is 105 Å². The number of carbonyl (C=O) groups excluding carboxylic acids is 2. The highest BCUT2D eigenvalue weighted by Crippen LogP contribution is 2.29. The van der Waals surface area contributed by atoms with Crippen molar-refractivity contribution in [3.8, 4) is 11.5 Å². The second-order valence-corrected chi connectivity index (χ2v) is 3.48. The number of esters is 2. The second kappa shape index (κ2) is 6.56. The van der Waals surface area contributed by atoms with Crippen molar-refractivity contribution in [3.05, 3.63) is 29.8 Å². The molecule has 0 aliphatic carbocycles. The van der Waals surface area contributed by atoms with Gasteiger partial charge in [-0.25, -0.2) is 0 Å². The van der Waals surface area contributed by atoms with Crippen molar-refractivity contribution >= 4 is 18.0 Å². The zero-order valence-corrected chi connectivity index (χ0v) is 10.2. The van der Waals surface area contributed by atoms with Crippen molar-refractivity contribution in [3.63, 3.8) is 0 Å². The minimum absolute atomic E-state index is 0.0887. The summed E-state index contributed by atoms with van der Waals surface area (Å²) < 4.78 is 9.87. The third-order valence-electron chi connectivity index (χ3n) is 1.89. The molecule has 96 valence electrons. The number of ether oxygens (including phenoxy) is 2. The van der Waals surface area contributed by atoms with Gasteiger partial charge in [0.05, 0.1) is 6.61 Å². The molecule has 1 rings (SSSR count). The molecule has 0 saturated heterocycles. The number of hydrogen-bond donors (Lipinski definition) is 1. The molecule has 5 nitrogen and oxygen atoms in total. The predicted molar refractivity (Wildman–Crippen MR) is 65.2 cm³/mol. The average Bonchev–Trinajstić information content (AvgIpc) is 2.28. The van der Waals surface area contributed by atoms with E-state index in [4.69, 9.17) is 14.6 Å². The number of carbonyl (C=O) groups is 2. The highest BCUT2D eigenvalue weighted by atomic mass is 16.6. The molecule has 1 aromatic rings. The lowest BCUT2D eigenvalue weighted by atomic mass is 10.2. The van der Waals surface area contributed by atoms with Crippen LogP contribution in [0.1, 0.15) is 19.4 Å². The van der Waals surface area contributed by atoms with Gasteiger partial charge >= 0.3 is 11.9 Å². The zero-order chi connectivity index (χ0) is 13.5. The quantitative estimate of drug-likeness (QED) is 0.648. The van der Waals surface area contributed by atoms with E-state index in [1.165, 1.54) is 19.9 Å². The molecule has 0 heterocycles. The van der Waals surface area contributed by atoms with Crippen LogP contribution in [0.3, 0.4) is 0 Å². The summed E-state index contributed by atoms with van der Waals surface area (Å²) in [6.07, 6.45) is 3.20. The molecule has 18 heavy (non-hydrogen) atoms. The lowest BCUT2D eigenvalue weighted by Crippen LogP contribution is -2.07. The summed E-state index contributed by atoms with van der Waals surface area (Å²) in [5.41, 5.74) is 0.719. The predicted octanol–water partition coefficient (Wildman–Crippen LogP) is 1.54. The molecular weight excluding hydrogens is 236 g/mol. The maximum atomic E-state index is 11.0. The minimum atomic E-state index is -0.508. The Hall–Kier alpha value is -2.14. The first-order valence-electron chi connectivity index (χ1n) is 5.31. The van der Waals surface area contributed by atoms with Crippen LogP contribution >= 0.6 is 0 Å². The summed E-state index contributed by atoms with van der Waals surface area (Å²) in [5, 5.41) is 8.67. The highest BCUT2D eigenvalue weighted by molar-refractivity contribution is 5.74. The fraction of sp³-hybridized carbons (Fsp3) is 0.231. The van der Waals surface area contributed by atoms with Gasteiger partial charge < -0.3 is 14.6 Å². The monoisotopic (exact) mass is 250 g/mol. The summed E-state index contributed by atoms with van der Waals surface area (Å²) in [4.78, 5) is 21.9. The van der Waals surface area contributed by atoms with E-state index in [2.05, 4.69) is 0 Å². The molecule has 0 spiro atoms. The number of rotatable bonds is 4. The van der Waals surface area contributed by atoms with Crippen LogP contribution in [0.25, 0.3) is 6.08 Å². The van der Waals surface area contributed by atoms with Crippen LogP contribution in [0.15, 0.2) is 24.3 Å². The highest BCUT2D eigenvalue weighted by Gasteiger charge is 2.10. The second-order valence-electron chi connectivity index (χ2n) is 3.48. The van der Waals surface area contributed by atoms with Gasteiger partial charge in [-0.2, -0.15) is 0 Å². The van der Waals surface area contributed by atoms with Crippen LogP contribution in [0.2, 0.25) is 0 Å². The van der Waals surface area contributed by atoms with E-state index in [0.29, 0.717) is 0 Å². The normalized spacial score (nSPS) is 10.4. The molecule has 0 atom stereocenters. The van der Waals surface area contributed by atoms with Crippen molar-refractivity contribution in [2.45, 2.75) is 13.8 Å². The van der Waals surface area contributed by atoms with Crippen molar-refractivity contribution in [1.29, 1.82) is 0 Å². The number of hydrogen-bond acceptors (Lipinski definition) is 5. The van der Waals surface area contributed by atoms with Crippen molar-refractivity contribution < 1.29 is 24.2 Å². The Morgan fingerprint density at radius 1 is 1.17 bits per heavy atom. The fourth-order valence-corrected chi connectivity index (χ4v) is 1.29. The lowest BCUT2D eigenvalue weighted by Gasteiger charge is -2.09. The van der Waals surface area contributed by atoms with Gasteiger partial charge in [-0.1, -0.05) is 18.2 Å². The average molecular weight is 250 g/mol. The largest absolute Gasteiger partial charge is 0.423 e. The number of aliphatic hydroxyl groups excluding tert-OH is 1. The Bertz CT molecular complexity index is 476. The first-order valence-corrected chi connectivity index (χ1v) is 5.31. The molecular formula is C13H14O5. The van der Waals surface area contributed by atoms with E-state index in [9.17, 15) is 9.59 Å². The van der Waals surface area contributed by atoms with Crippen LogP contribution in [-0.4, -0.2) is 23.7 Å². The van der Waals surface area contributed by atoms with Gasteiger partial charge in [0.2, 0.25) is 0 Å². The van der Waals surface area contributed by atoms with Crippen LogP contribution < -0.4 is 9.47 Å². The molecule has 0 saturated carbocycles. The molecule has 0 fully saturated rings. The van der Waals surface area contributed by atoms with E-state index >= 15 is 0 Å². The smallest absolute Gasteiger partial charge is 0.308 e. The maximum absolute atomic E-state index is 11.0. The molecule has 0 aliphatic rings. The van der Waals surface area contributed by atoms with Gasteiger partial charge in [-0.15, -0.1) is 0 Å². The first-order chi connectivity index (χ1) is 8.52. The van der Waals surface area contributed by atoms with Gasteiger partial charge in [0, 0.05) is 13.8 Å². The minimum Gasteiger partial charge on any atom is -0.423 e. The Balaban J connectivity index is 3.06. The first kappa shape index (κ1) is 13.9. The third-order valence-corrected chi connectivity index (χ3v) is 1.89. The summed E-state index contributed by atoms with van der Waals surface area (Å²) >= 11 is 0. The van der Waals surface area contributed by atoms with E-state index in [-0.39, 0.29) is 18.1 Å². The van der Waals surface area contributed by atoms with Crippen molar-refractivity contribution in [1.82, 2.24) is 0 Å². The molecule has 1 N–H and O–H groups in total. The van der Waals surface area contributed by atoms with Gasteiger partial charge in [0.1, 0.15) is 0 Å². The van der Waals surface area contributed by atoms with E-state index in [1.807, 2.05) is 0 Å². The maximum Gasteiger partial charge on any atom is 0.308 e. The number of benzene rings is 1. The Morgan fingerprint density at radius 2 is 1.78 bits per heavy atom. The topological polar surface area (TPSA) is 72.8 Å². The van der Waals surface area contributed by atoms with E-state index < -0.39 is 11.9 Å². The van der Waals surface area contributed by atoms with Gasteiger partial charge in [-0.3, -0.25) is 9.59 Å². The Kier molecular flexibility index (Phi) is 5.07. The van der Waals surface area contributed by atoms with Crippen molar-refractivity contribution in [2.24, 2.45) is 0 Å². The number of aliphatic hydroxyl groups is 1.